The molecule has 5 nitrogen and oxygen atoms in total. The molecule has 1 atom stereocenters. The van der Waals surface area contributed by atoms with Crippen molar-refractivity contribution in [3.8, 4) is 11.5 Å². The Kier molecular flexibility index (Phi) is 3.58. The molecule has 0 aromatic carbocycles. The Morgan fingerprint density at radius 2 is 2.50 bits per heavy atom. The van der Waals surface area contributed by atoms with E-state index in [0.29, 0.717) is 17.9 Å². The van der Waals surface area contributed by atoms with Crippen molar-refractivity contribution in [3.63, 3.8) is 0 Å². The number of aliphatic hydroxyl groups excluding tert-OH is 1. The Bertz CT molecular complexity index is 619. The Hall–Kier alpha value is -1.66. The standard InChI is InChI=1S/C14H16N2O3S/c1-9-15-12(8-20-9)13-5-10(7-19-13)14(18)16-4-2-3-11(16)6-17/h5,7-8,11,17H,2-4,6H2,1H3/t11-/m1/s1. The highest BCUT2D eigenvalue weighted by atomic mass is 32.1. The number of nitrogens with zero attached hydrogens (tertiary/aromatic N) is 2. The van der Waals surface area contributed by atoms with Crippen LogP contribution in [0.3, 0.4) is 0 Å². The monoisotopic (exact) mass is 292 g/mol. The van der Waals surface area contributed by atoms with Crippen molar-refractivity contribution in [2.45, 2.75) is 25.8 Å². The highest BCUT2D eigenvalue weighted by molar-refractivity contribution is 7.09. The number of hydrogen-bond acceptors (Lipinski definition) is 5. The average Bonchev–Trinajstić information content (AvgIpc) is 3.17. The second-order valence-electron chi connectivity index (χ2n) is 4.93. The maximum atomic E-state index is 12.4. The molecule has 106 valence electrons. The van der Waals surface area contributed by atoms with E-state index in [4.69, 9.17) is 4.42 Å². The molecule has 0 unspecified atom stereocenters. The molecule has 0 bridgehead atoms. The normalized spacial score (nSPS) is 18.7. The van der Waals surface area contributed by atoms with Crippen LogP contribution in [0.25, 0.3) is 11.5 Å². The third-order valence-corrected chi connectivity index (χ3v) is 4.34. The second-order valence-corrected chi connectivity index (χ2v) is 5.99. The number of thiazole rings is 1. The lowest BCUT2D eigenvalue weighted by Gasteiger charge is -2.22. The summed E-state index contributed by atoms with van der Waals surface area (Å²) in [5, 5.41) is 12.2. The van der Waals surface area contributed by atoms with E-state index in [1.807, 2.05) is 12.3 Å². The van der Waals surface area contributed by atoms with Gasteiger partial charge in [0, 0.05) is 11.9 Å². The summed E-state index contributed by atoms with van der Waals surface area (Å²) in [6.45, 7) is 2.64. The van der Waals surface area contributed by atoms with Crippen LogP contribution in [-0.2, 0) is 0 Å². The highest BCUT2D eigenvalue weighted by Crippen LogP contribution is 2.26. The zero-order valence-corrected chi connectivity index (χ0v) is 12.0. The first-order valence-corrected chi connectivity index (χ1v) is 7.50. The maximum Gasteiger partial charge on any atom is 0.257 e. The van der Waals surface area contributed by atoms with Crippen molar-refractivity contribution in [2.24, 2.45) is 0 Å². The van der Waals surface area contributed by atoms with E-state index < -0.39 is 0 Å². The van der Waals surface area contributed by atoms with Gasteiger partial charge in [-0.25, -0.2) is 4.98 Å². The predicted molar refractivity (Wildman–Crippen MR) is 75.7 cm³/mol. The van der Waals surface area contributed by atoms with Crippen LogP contribution in [0.2, 0.25) is 0 Å². The fourth-order valence-electron chi connectivity index (χ4n) is 2.52. The van der Waals surface area contributed by atoms with Crippen LogP contribution < -0.4 is 0 Å². The third-order valence-electron chi connectivity index (χ3n) is 3.57. The van der Waals surface area contributed by atoms with Gasteiger partial charge in [-0.15, -0.1) is 11.3 Å². The van der Waals surface area contributed by atoms with E-state index in [-0.39, 0.29) is 18.6 Å². The first-order valence-electron chi connectivity index (χ1n) is 6.62. The number of aliphatic hydroxyl groups is 1. The molecular formula is C14H16N2O3S. The SMILES string of the molecule is Cc1nc(-c2cc(C(=O)N3CCC[C@@H]3CO)co2)cs1. The van der Waals surface area contributed by atoms with Gasteiger partial charge in [0.05, 0.1) is 23.2 Å². The van der Waals surface area contributed by atoms with Gasteiger partial charge in [0.1, 0.15) is 12.0 Å². The fraction of sp³-hybridized carbons (Fsp3) is 0.429. The van der Waals surface area contributed by atoms with Crippen molar-refractivity contribution in [1.82, 2.24) is 9.88 Å². The molecule has 1 amide bonds. The van der Waals surface area contributed by atoms with Crippen molar-refractivity contribution < 1.29 is 14.3 Å². The molecule has 1 saturated heterocycles. The van der Waals surface area contributed by atoms with Crippen LogP contribution in [0, 0.1) is 6.92 Å². The minimum Gasteiger partial charge on any atom is -0.462 e. The van der Waals surface area contributed by atoms with E-state index >= 15 is 0 Å². The molecule has 0 saturated carbocycles. The van der Waals surface area contributed by atoms with Gasteiger partial charge in [0.2, 0.25) is 0 Å². The number of carbonyl (C=O) groups excluding carboxylic acids is 1. The molecule has 1 fully saturated rings. The summed E-state index contributed by atoms with van der Waals surface area (Å²) in [6, 6.07) is 1.66. The molecule has 0 spiro atoms. The maximum absolute atomic E-state index is 12.4. The molecular weight excluding hydrogens is 276 g/mol. The minimum atomic E-state index is -0.0801. The topological polar surface area (TPSA) is 66.6 Å². The molecule has 2 aromatic rings. The third kappa shape index (κ3) is 2.36. The molecule has 1 N–H and O–H groups in total. The average molecular weight is 292 g/mol. The lowest BCUT2D eigenvalue weighted by molar-refractivity contribution is 0.0677. The highest BCUT2D eigenvalue weighted by Gasteiger charge is 2.29. The summed E-state index contributed by atoms with van der Waals surface area (Å²) in [6.07, 6.45) is 3.27. The van der Waals surface area contributed by atoms with E-state index in [2.05, 4.69) is 4.98 Å². The van der Waals surface area contributed by atoms with E-state index in [0.717, 1.165) is 23.5 Å². The second kappa shape index (κ2) is 5.38. The van der Waals surface area contributed by atoms with Crippen LogP contribution >= 0.6 is 11.3 Å². The number of furan rings is 1. The number of amides is 1. The van der Waals surface area contributed by atoms with Crippen molar-refractivity contribution in [3.05, 3.63) is 28.3 Å². The van der Waals surface area contributed by atoms with E-state index in [9.17, 15) is 9.90 Å². The predicted octanol–water partition coefficient (Wildman–Crippen LogP) is 2.31. The fourth-order valence-corrected chi connectivity index (χ4v) is 3.12. The number of aromatic nitrogens is 1. The number of carbonyl (C=O) groups is 1. The first-order chi connectivity index (χ1) is 9.69. The molecule has 2 aromatic heterocycles. The van der Waals surface area contributed by atoms with Crippen molar-refractivity contribution >= 4 is 17.2 Å². The van der Waals surface area contributed by atoms with Gasteiger partial charge in [0.15, 0.2) is 5.76 Å². The Morgan fingerprint density at radius 3 is 3.20 bits per heavy atom. The number of likely N-dealkylation sites (tertiary alicyclic amines) is 1. The summed E-state index contributed by atoms with van der Waals surface area (Å²) < 4.78 is 5.45. The van der Waals surface area contributed by atoms with Crippen LogP contribution in [0.4, 0.5) is 0 Å². The van der Waals surface area contributed by atoms with E-state index in [1.165, 1.54) is 6.26 Å². The minimum absolute atomic E-state index is 0.0156. The van der Waals surface area contributed by atoms with Gasteiger partial charge in [-0.05, 0) is 25.8 Å². The van der Waals surface area contributed by atoms with Gasteiger partial charge in [-0.2, -0.15) is 0 Å². The zero-order valence-electron chi connectivity index (χ0n) is 11.2. The zero-order chi connectivity index (χ0) is 14.1. The summed E-state index contributed by atoms with van der Waals surface area (Å²) in [7, 11) is 0. The van der Waals surface area contributed by atoms with Gasteiger partial charge < -0.3 is 14.4 Å². The molecule has 3 heterocycles. The summed E-state index contributed by atoms with van der Waals surface area (Å²) in [4.78, 5) is 18.5. The smallest absolute Gasteiger partial charge is 0.257 e. The van der Waals surface area contributed by atoms with Crippen LogP contribution in [-0.4, -0.2) is 40.1 Å². The number of hydrogen-bond donors (Lipinski definition) is 1. The van der Waals surface area contributed by atoms with Crippen LogP contribution in [0.5, 0.6) is 0 Å². The molecule has 6 heteroatoms. The summed E-state index contributed by atoms with van der Waals surface area (Å²) >= 11 is 1.55. The Balaban J connectivity index is 1.81. The quantitative estimate of drug-likeness (QED) is 0.942. The molecule has 20 heavy (non-hydrogen) atoms. The Morgan fingerprint density at radius 1 is 1.65 bits per heavy atom. The van der Waals surface area contributed by atoms with Crippen LogP contribution in [0.1, 0.15) is 28.2 Å². The van der Waals surface area contributed by atoms with Gasteiger partial charge >= 0.3 is 0 Å². The first kappa shape index (κ1) is 13.3. The lowest BCUT2D eigenvalue weighted by Crippen LogP contribution is -2.37. The largest absolute Gasteiger partial charge is 0.462 e. The summed E-state index contributed by atoms with van der Waals surface area (Å²) in [5.74, 6) is 0.529. The van der Waals surface area contributed by atoms with E-state index in [1.54, 1.807) is 22.3 Å². The van der Waals surface area contributed by atoms with Crippen molar-refractivity contribution in [2.75, 3.05) is 13.2 Å². The summed E-state index contributed by atoms with van der Waals surface area (Å²) in [5.41, 5.74) is 1.28. The molecule has 0 radical (unpaired) electrons. The van der Waals surface area contributed by atoms with Gasteiger partial charge in [0.25, 0.3) is 5.91 Å². The van der Waals surface area contributed by atoms with Crippen molar-refractivity contribution in [1.29, 1.82) is 0 Å². The molecule has 0 aliphatic carbocycles. The molecule has 1 aliphatic heterocycles. The van der Waals surface area contributed by atoms with Crippen LogP contribution in [0.15, 0.2) is 22.1 Å². The van der Waals surface area contributed by atoms with Gasteiger partial charge in [-0.3, -0.25) is 4.79 Å². The lowest BCUT2D eigenvalue weighted by atomic mass is 10.2. The molecule has 1 aliphatic rings. The number of aryl methyl sites for hydroxylation is 1. The van der Waals surface area contributed by atoms with Gasteiger partial charge in [-0.1, -0.05) is 0 Å². The molecule has 3 rings (SSSR count). The number of rotatable bonds is 3. The Labute approximate surface area is 120 Å².